The van der Waals surface area contributed by atoms with Gasteiger partial charge >= 0.3 is 5.97 Å². The minimum Gasteiger partial charge on any atom is -0.463 e. The molecule has 78 valence electrons. The molecular weight excluding hydrogens is 166 g/mol. The van der Waals surface area contributed by atoms with E-state index in [4.69, 9.17) is 4.74 Å². The van der Waals surface area contributed by atoms with Crippen molar-refractivity contribution in [2.24, 2.45) is 0 Å². The molecule has 3 heteroatoms. The number of hydrogen-bond acceptors (Lipinski definition) is 3. The van der Waals surface area contributed by atoms with Crippen LogP contribution in [0.25, 0.3) is 0 Å². The van der Waals surface area contributed by atoms with E-state index >= 15 is 0 Å². The van der Waals surface area contributed by atoms with Crippen LogP contribution in [0.5, 0.6) is 0 Å². The maximum atomic E-state index is 11.3. The third-order valence-electron chi connectivity index (χ3n) is 2.25. The first-order chi connectivity index (χ1) is 5.97. The van der Waals surface area contributed by atoms with Gasteiger partial charge in [-0.1, -0.05) is 6.92 Å². The fraction of sp³-hybridized carbons (Fsp3) is 0.900. The number of rotatable bonds is 5. The van der Waals surface area contributed by atoms with Gasteiger partial charge in [-0.25, -0.2) is 0 Å². The van der Waals surface area contributed by atoms with Crippen LogP contribution in [0.2, 0.25) is 0 Å². The molecule has 0 saturated carbocycles. The molecular formula is C10H21NO2. The fourth-order valence-electron chi connectivity index (χ4n) is 0.780. The maximum Gasteiger partial charge on any atom is 0.307 e. The molecule has 0 aliphatic carbocycles. The van der Waals surface area contributed by atoms with Crippen LogP contribution < -0.4 is 0 Å². The Morgan fingerprint density at radius 1 is 1.38 bits per heavy atom. The summed E-state index contributed by atoms with van der Waals surface area (Å²) in [6.45, 7) is 5.93. The van der Waals surface area contributed by atoms with E-state index in [1.807, 2.05) is 39.8 Å². The second-order valence-electron chi connectivity index (χ2n) is 3.73. The molecule has 0 spiro atoms. The van der Waals surface area contributed by atoms with Crippen LogP contribution in [0.15, 0.2) is 0 Å². The second-order valence-corrected chi connectivity index (χ2v) is 3.73. The lowest BCUT2D eigenvalue weighted by atomic mass is 10.2. The van der Waals surface area contributed by atoms with Gasteiger partial charge < -0.3 is 9.64 Å². The smallest absolute Gasteiger partial charge is 0.307 e. The molecule has 2 unspecified atom stereocenters. The molecule has 0 amide bonds. The molecule has 0 heterocycles. The summed E-state index contributed by atoms with van der Waals surface area (Å²) in [5.74, 6) is -0.101. The second kappa shape index (κ2) is 5.97. The highest BCUT2D eigenvalue weighted by atomic mass is 16.5. The quantitative estimate of drug-likeness (QED) is 0.613. The first-order valence-corrected chi connectivity index (χ1v) is 4.83. The van der Waals surface area contributed by atoms with Gasteiger partial charge in [0.15, 0.2) is 0 Å². The van der Waals surface area contributed by atoms with Gasteiger partial charge in [-0.15, -0.1) is 0 Å². The van der Waals surface area contributed by atoms with Gasteiger partial charge in [-0.05, 0) is 34.4 Å². The number of nitrogens with zero attached hydrogens (tertiary/aromatic N) is 1. The van der Waals surface area contributed by atoms with Crippen LogP contribution >= 0.6 is 0 Å². The largest absolute Gasteiger partial charge is 0.463 e. The number of hydrogen-bond donors (Lipinski definition) is 0. The zero-order valence-corrected chi connectivity index (χ0v) is 9.33. The molecule has 0 rings (SSSR count). The summed E-state index contributed by atoms with van der Waals surface area (Å²) in [6.07, 6.45) is 1.39. The zero-order chi connectivity index (χ0) is 10.4. The molecule has 2 atom stereocenters. The van der Waals surface area contributed by atoms with E-state index in [2.05, 4.69) is 0 Å². The van der Waals surface area contributed by atoms with Gasteiger partial charge in [0.2, 0.25) is 0 Å². The highest BCUT2D eigenvalue weighted by Gasteiger charge is 2.13. The topological polar surface area (TPSA) is 29.5 Å². The van der Waals surface area contributed by atoms with Gasteiger partial charge in [0, 0.05) is 6.04 Å². The van der Waals surface area contributed by atoms with E-state index in [9.17, 15) is 4.79 Å². The molecule has 0 fully saturated rings. The van der Waals surface area contributed by atoms with Crippen molar-refractivity contribution in [1.82, 2.24) is 4.90 Å². The third kappa shape index (κ3) is 5.64. The summed E-state index contributed by atoms with van der Waals surface area (Å²) in [6, 6.07) is 0.247. The van der Waals surface area contributed by atoms with Crippen molar-refractivity contribution in [1.29, 1.82) is 0 Å². The summed E-state index contributed by atoms with van der Waals surface area (Å²) in [4.78, 5) is 13.3. The van der Waals surface area contributed by atoms with E-state index in [1.54, 1.807) is 0 Å². The molecule has 0 radical (unpaired) electrons. The van der Waals surface area contributed by atoms with Crippen molar-refractivity contribution in [2.45, 2.75) is 45.8 Å². The third-order valence-corrected chi connectivity index (χ3v) is 2.25. The normalized spacial score (nSPS) is 15.5. The molecule has 0 saturated heterocycles. The van der Waals surface area contributed by atoms with E-state index in [0.29, 0.717) is 6.42 Å². The Labute approximate surface area is 81.1 Å². The average Bonchev–Trinajstić information content (AvgIpc) is 2.03. The van der Waals surface area contributed by atoms with Crippen LogP contribution in [0.4, 0.5) is 0 Å². The molecule has 0 bridgehead atoms. The van der Waals surface area contributed by atoms with Crippen LogP contribution in [0.3, 0.4) is 0 Å². The van der Waals surface area contributed by atoms with E-state index < -0.39 is 0 Å². The van der Waals surface area contributed by atoms with Crippen molar-refractivity contribution >= 4 is 5.97 Å². The lowest BCUT2D eigenvalue weighted by Crippen LogP contribution is -2.29. The lowest BCUT2D eigenvalue weighted by molar-refractivity contribution is -0.149. The van der Waals surface area contributed by atoms with Crippen LogP contribution in [0.1, 0.15) is 33.6 Å². The van der Waals surface area contributed by atoms with E-state index in [-0.39, 0.29) is 18.1 Å². The van der Waals surface area contributed by atoms with Gasteiger partial charge in [0.25, 0.3) is 0 Å². The number of carbonyl (C=O) groups excluding carboxylic acids is 1. The molecule has 3 nitrogen and oxygen atoms in total. The molecule has 13 heavy (non-hydrogen) atoms. The van der Waals surface area contributed by atoms with Crippen molar-refractivity contribution in [3.05, 3.63) is 0 Å². The molecule has 0 aliphatic rings. The molecule has 0 aromatic rings. The number of carbonyl (C=O) groups is 1. The Kier molecular flexibility index (Phi) is 5.71. The Morgan fingerprint density at radius 2 is 1.92 bits per heavy atom. The van der Waals surface area contributed by atoms with Gasteiger partial charge in [0.05, 0.1) is 12.5 Å². The maximum absolute atomic E-state index is 11.3. The average molecular weight is 187 g/mol. The molecule has 0 aromatic heterocycles. The van der Waals surface area contributed by atoms with Crippen molar-refractivity contribution in [3.63, 3.8) is 0 Å². The first kappa shape index (κ1) is 12.4. The summed E-state index contributed by atoms with van der Waals surface area (Å²) in [5, 5.41) is 0. The van der Waals surface area contributed by atoms with Crippen molar-refractivity contribution < 1.29 is 9.53 Å². The minimum atomic E-state index is -0.101. The molecule has 0 aliphatic heterocycles. The van der Waals surface area contributed by atoms with E-state index in [1.165, 1.54) is 0 Å². The highest BCUT2D eigenvalue weighted by molar-refractivity contribution is 5.70. The first-order valence-electron chi connectivity index (χ1n) is 4.83. The fourth-order valence-corrected chi connectivity index (χ4v) is 0.780. The Morgan fingerprint density at radius 3 is 2.31 bits per heavy atom. The highest BCUT2D eigenvalue weighted by Crippen LogP contribution is 2.03. The standard InChI is InChI=1S/C10H21NO2/c1-6-9(3)13-10(12)7-8(2)11(4)5/h8-9H,6-7H2,1-5H3. The monoisotopic (exact) mass is 187 g/mol. The lowest BCUT2D eigenvalue weighted by Gasteiger charge is -2.19. The van der Waals surface area contributed by atoms with Crippen LogP contribution in [-0.4, -0.2) is 37.1 Å². The summed E-state index contributed by atoms with van der Waals surface area (Å²) < 4.78 is 5.15. The summed E-state index contributed by atoms with van der Waals surface area (Å²) in [5.41, 5.74) is 0. The van der Waals surface area contributed by atoms with E-state index in [0.717, 1.165) is 6.42 Å². The summed E-state index contributed by atoms with van der Waals surface area (Å²) >= 11 is 0. The molecule has 0 aromatic carbocycles. The number of ether oxygens (including phenoxy) is 1. The number of esters is 1. The summed E-state index contributed by atoms with van der Waals surface area (Å²) in [7, 11) is 3.92. The van der Waals surface area contributed by atoms with Gasteiger partial charge in [0.1, 0.15) is 0 Å². The zero-order valence-electron chi connectivity index (χ0n) is 9.33. The minimum absolute atomic E-state index is 0.0434. The van der Waals surface area contributed by atoms with Crippen LogP contribution in [-0.2, 0) is 9.53 Å². The predicted molar refractivity (Wildman–Crippen MR) is 53.6 cm³/mol. The predicted octanol–water partition coefficient (Wildman–Crippen LogP) is 1.67. The Hall–Kier alpha value is -0.570. The Bertz CT molecular complexity index is 157. The van der Waals surface area contributed by atoms with Gasteiger partial charge in [-0.3, -0.25) is 4.79 Å². The Balaban J connectivity index is 3.74. The molecule has 0 N–H and O–H groups in total. The van der Waals surface area contributed by atoms with Crippen molar-refractivity contribution in [3.8, 4) is 0 Å². The van der Waals surface area contributed by atoms with Crippen LogP contribution in [0, 0.1) is 0 Å². The van der Waals surface area contributed by atoms with Crippen molar-refractivity contribution in [2.75, 3.05) is 14.1 Å². The SMILES string of the molecule is CCC(C)OC(=O)CC(C)N(C)C. The van der Waals surface area contributed by atoms with Gasteiger partial charge in [-0.2, -0.15) is 0 Å².